The number of carbonyl (C=O) groups is 3. The van der Waals surface area contributed by atoms with Crippen LogP contribution in [0.15, 0.2) is 0 Å². The molecule has 3 heterocycles. The number of esters is 1. The first-order valence-electron chi connectivity index (χ1n) is 7.76. The van der Waals surface area contributed by atoms with E-state index in [-0.39, 0.29) is 19.6 Å². The normalized spacial score (nSPS) is 33.5. The minimum absolute atomic E-state index is 0.0427. The van der Waals surface area contributed by atoms with E-state index in [0.29, 0.717) is 12.8 Å². The third-order valence-corrected chi connectivity index (χ3v) is 5.50. The molecule has 140 valence electrons. The number of amides is 3. The zero-order valence-corrected chi connectivity index (χ0v) is 14.3. The van der Waals surface area contributed by atoms with Gasteiger partial charge in [-0.05, 0) is 19.8 Å². The van der Waals surface area contributed by atoms with Gasteiger partial charge >= 0.3 is 22.4 Å². The van der Waals surface area contributed by atoms with Crippen LogP contribution in [0.25, 0.3) is 0 Å². The summed E-state index contributed by atoms with van der Waals surface area (Å²) in [4.78, 5) is 38.8. The lowest BCUT2D eigenvalue weighted by molar-refractivity contribution is -0.155. The van der Waals surface area contributed by atoms with Crippen molar-refractivity contribution in [1.82, 2.24) is 9.80 Å². The molecule has 0 saturated carbocycles. The third kappa shape index (κ3) is 2.93. The molecular weight excluding hydrogens is 358 g/mol. The molecule has 0 spiro atoms. The first kappa shape index (κ1) is 17.9. The Morgan fingerprint density at radius 1 is 1.44 bits per heavy atom. The van der Waals surface area contributed by atoms with Gasteiger partial charge in [-0.25, -0.2) is 8.98 Å². The smallest absolute Gasteiger partial charge is 0.399 e. The van der Waals surface area contributed by atoms with Gasteiger partial charge in [0.1, 0.15) is 11.5 Å². The fraction of sp³-hybridized carbons (Fsp3) is 0.769. The second kappa shape index (κ2) is 5.81. The van der Waals surface area contributed by atoms with E-state index in [1.807, 2.05) is 0 Å². The molecule has 0 radical (unpaired) electrons. The predicted molar refractivity (Wildman–Crippen MR) is 80.1 cm³/mol. The van der Waals surface area contributed by atoms with Crippen molar-refractivity contribution in [3.05, 3.63) is 0 Å². The van der Waals surface area contributed by atoms with Gasteiger partial charge in [-0.1, -0.05) is 0 Å². The third-order valence-electron chi connectivity index (χ3n) is 5.08. The van der Waals surface area contributed by atoms with Crippen LogP contribution in [-0.4, -0.2) is 72.1 Å². The van der Waals surface area contributed by atoms with Crippen molar-refractivity contribution in [3.8, 4) is 0 Å². The Bertz CT molecular complexity index is 725. The van der Waals surface area contributed by atoms with E-state index in [0.717, 1.165) is 4.90 Å². The molecule has 3 saturated heterocycles. The summed E-state index contributed by atoms with van der Waals surface area (Å²) in [6.07, 6.45) is -0.762. The molecule has 3 aliphatic heterocycles. The zero-order valence-electron chi connectivity index (χ0n) is 13.5. The summed E-state index contributed by atoms with van der Waals surface area (Å²) in [5.74, 6) is -1.38. The van der Waals surface area contributed by atoms with Gasteiger partial charge in [-0.3, -0.25) is 19.0 Å². The van der Waals surface area contributed by atoms with Crippen LogP contribution >= 0.6 is 0 Å². The number of fused-ring (bicyclic) bond motifs is 2. The molecule has 25 heavy (non-hydrogen) atoms. The molecule has 0 aromatic carbocycles. The molecule has 0 aromatic rings. The minimum Gasteiger partial charge on any atom is -0.465 e. The van der Waals surface area contributed by atoms with Crippen LogP contribution in [0.1, 0.15) is 26.2 Å². The number of nitrogens with zero attached hydrogens (tertiary/aromatic N) is 2. The number of carbonyl (C=O) groups excluding carboxylic acids is 3. The highest BCUT2D eigenvalue weighted by atomic mass is 32.3. The number of hydrogen-bond acceptors (Lipinski definition) is 7. The number of piperidine rings is 1. The highest BCUT2D eigenvalue weighted by molar-refractivity contribution is 7.80. The van der Waals surface area contributed by atoms with Crippen LogP contribution in [0.4, 0.5) is 4.79 Å². The van der Waals surface area contributed by atoms with Crippen molar-refractivity contribution in [1.29, 1.82) is 0 Å². The van der Waals surface area contributed by atoms with E-state index in [2.05, 4.69) is 0 Å². The lowest BCUT2D eigenvalue weighted by atomic mass is 9.85. The van der Waals surface area contributed by atoms with E-state index in [1.54, 1.807) is 0 Å². The molecule has 3 fully saturated rings. The second-order valence-electron chi connectivity index (χ2n) is 6.67. The molecule has 11 nitrogen and oxygen atoms in total. The summed E-state index contributed by atoms with van der Waals surface area (Å²) in [7, 11) is -4.95. The number of primary amides is 1. The molecule has 2 bridgehead atoms. The Labute approximate surface area is 144 Å². The number of cyclic esters (lactones) is 1. The average molecular weight is 377 g/mol. The molecule has 3 N–H and O–H groups in total. The molecule has 3 amide bonds. The number of rotatable bonds is 5. The number of nitrogens with two attached hydrogens (primary N) is 1. The maximum atomic E-state index is 12.8. The lowest BCUT2D eigenvalue weighted by Gasteiger charge is -2.37. The van der Waals surface area contributed by atoms with E-state index in [4.69, 9.17) is 19.2 Å². The van der Waals surface area contributed by atoms with Crippen molar-refractivity contribution in [3.63, 3.8) is 0 Å². The summed E-state index contributed by atoms with van der Waals surface area (Å²) in [5.41, 5.74) is 3.85. The van der Waals surface area contributed by atoms with Gasteiger partial charge in [0.25, 0.3) is 0 Å². The largest absolute Gasteiger partial charge is 0.465 e. The lowest BCUT2D eigenvalue weighted by Crippen LogP contribution is -2.54. The molecule has 4 atom stereocenters. The first-order valence-corrected chi connectivity index (χ1v) is 9.12. The van der Waals surface area contributed by atoms with Crippen LogP contribution in [0.2, 0.25) is 0 Å². The zero-order chi connectivity index (χ0) is 18.6. The molecule has 12 heteroatoms. The van der Waals surface area contributed by atoms with E-state index in [9.17, 15) is 22.8 Å². The van der Waals surface area contributed by atoms with Crippen LogP contribution in [0.5, 0.6) is 0 Å². The van der Waals surface area contributed by atoms with Gasteiger partial charge in [0.05, 0.1) is 12.6 Å². The Morgan fingerprint density at radius 2 is 2.12 bits per heavy atom. The quantitative estimate of drug-likeness (QED) is 0.449. The summed E-state index contributed by atoms with van der Waals surface area (Å²) in [5, 5.41) is 0. The Morgan fingerprint density at radius 3 is 2.64 bits per heavy atom. The molecule has 0 aromatic heterocycles. The monoisotopic (exact) mass is 377 g/mol. The standard InChI is InChI=1S/C13H19N3O8S/c1-13(4-5-23-11(13)18)10(24-25(20,21)22)16-7-2-3-8(9(14)17)15(6-7)12(16)19/h7-8,10H,2-6H2,1H3,(H2,14,17)(H,20,21,22)/t7-,8+,10?,13?/m1/s1. The Kier molecular flexibility index (Phi) is 4.16. The first-order chi connectivity index (χ1) is 11.5. The summed E-state index contributed by atoms with van der Waals surface area (Å²) in [6, 6.07) is -1.94. The minimum atomic E-state index is -4.95. The summed E-state index contributed by atoms with van der Waals surface area (Å²) >= 11 is 0. The van der Waals surface area contributed by atoms with E-state index >= 15 is 0 Å². The van der Waals surface area contributed by atoms with Crippen LogP contribution in [0, 0.1) is 5.41 Å². The number of hydrogen-bond donors (Lipinski definition) is 2. The fourth-order valence-corrected chi connectivity index (χ4v) is 4.24. The van der Waals surface area contributed by atoms with Crippen molar-refractivity contribution in [2.24, 2.45) is 11.1 Å². The van der Waals surface area contributed by atoms with Gasteiger partial charge < -0.3 is 15.4 Å². The van der Waals surface area contributed by atoms with Gasteiger partial charge in [-0.15, -0.1) is 0 Å². The number of urea groups is 1. The predicted octanol–water partition coefficient (Wildman–Crippen LogP) is -1.16. The maximum Gasteiger partial charge on any atom is 0.399 e. The molecule has 3 aliphatic rings. The molecule has 2 unspecified atom stereocenters. The van der Waals surface area contributed by atoms with Gasteiger partial charge in [0.2, 0.25) is 5.91 Å². The Hall–Kier alpha value is -1.92. The summed E-state index contributed by atoms with van der Waals surface area (Å²) in [6.45, 7) is 1.61. The fourth-order valence-electron chi connectivity index (χ4n) is 3.70. The van der Waals surface area contributed by atoms with Gasteiger partial charge in [0.15, 0.2) is 6.23 Å². The average Bonchev–Trinajstić information content (AvgIpc) is 2.96. The van der Waals surface area contributed by atoms with Crippen molar-refractivity contribution in [2.45, 2.75) is 44.5 Å². The highest BCUT2D eigenvalue weighted by Gasteiger charge is 2.58. The van der Waals surface area contributed by atoms with Crippen molar-refractivity contribution >= 4 is 28.3 Å². The molecular formula is C13H19N3O8S. The summed E-state index contributed by atoms with van der Waals surface area (Å²) < 4.78 is 41.5. The van der Waals surface area contributed by atoms with Crippen molar-refractivity contribution < 1.29 is 36.3 Å². The van der Waals surface area contributed by atoms with E-state index < -0.39 is 52.0 Å². The van der Waals surface area contributed by atoms with E-state index in [1.165, 1.54) is 11.8 Å². The van der Waals surface area contributed by atoms with Crippen molar-refractivity contribution in [2.75, 3.05) is 13.2 Å². The van der Waals surface area contributed by atoms with Crippen LogP contribution < -0.4 is 5.73 Å². The highest BCUT2D eigenvalue weighted by Crippen LogP contribution is 2.42. The maximum absolute atomic E-state index is 12.8. The van der Waals surface area contributed by atoms with Gasteiger partial charge in [0, 0.05) is 13.0 Å². The van der Waals surface area contributed by atoms with Crippen LogP contribution in [0.3, 0.4) is 0 Å². The molecule has 0 aliphatic carbocycles. The van der Waals surface area contributed by atoms with Crippen LogP contribution in [-0.2, 0) is 28.9 Å². The number of ether oxygens (including phenoxy) is 1. The SMILES string of the molecule is CC1(C(OS(=O)(=O)O)N2C(=O)N3C[C@H]2CC[C@H]3C(N)=O)CCOC1=O. The molecule has 3 rings (SSSR count). The second-order valence-corrected chi connectivity index (χ2v) is 7.72. The Balaban J connectivity index is 1.98. The topological polar surface area (TPSA) is 157 Å². The van der Waals surface area contributed by atoms with Gasteiger partial charge in [-0.2, -0.15) is 8.42 Å².